The molecule has 64 valence electrons. The second kappa shape index (κ2) is 2.73. The number of rotatable bonds is 0. The van der Waals surface area contributed by atoms with Crippen molar-refractivity contribution in [3.63, 3.8) is 0 Å². The minimum absolute atomic E-state index is 0.143. The first-order valence-electron chi connectivity index (χ1n) is 3.53. The fraction of sp³-hybridized carbons (Fsp3) is 0. The van der Waals surface area contributed by atoms with Crippen molar-refractivity contribution < 1.29 is 8.78 Å². The van der Waals surface area contributed by atoms with Gasteiger partial charge in [0.2, 0.25) is 0 Å². The number of hydrogen-bond donors (Lipinski definition) is 0. The van der Waals surface area contributed by atoms with Crippen molar-refractivity contribution in [2.75, 3.05) is 0 Å². The van der Waals surface area contributed by atoms with Crippen LogP contribution < -0.4 is 0 Å². The molecule has 0 bridgehead atoms. The minimum atomic E-state index is -0.950. The lowest BCUT2D eigenvalue weighted by Crippen LogP contribution is -1.91. The van der Waals surface area contributed by atoms with Gasteiger partial charge in [-0.15, -0.1) is 0 Å². The third kappa shape index (κ3) is 1.24. The summed E-state index contributed by atoms with van der Waals surface area (Å²) in [5, 5.41) is 0.321. The molecule has 0 unspecified atom stereocenters. The molecule has 0 spiro atoms. The summed E-state index contributed by atoms with van der Waals surface area (Å²) in [7, 11) is 0. The maximum Gasteiger partial charge on any atom is 0.161 e. The fourth-order valence-electron chi connectivity index (χ4n) is 1.07. The molecule has 0 aliphatic carbocycles. The summed E-state index contributed by atoms with van der Waals surface area (Å²) in [6, 6.07) is 1.97. The number of aromatic nitrogens is 2. The van der Waals surface area contributed by atoms with E-state index in [9.17, 15) is 8.78 Å². The van der Waals surface area contributed by atoms with Gasteiger partial charge in [0.1, 0.15) is 6.33 Å². The number of halogens is 2. The quantitative estimate of drug-likeness (QED) is 0.616. The molecule has 1 aromatic heterocycles. The lowest BCUT2D eigenvalue weighted by molar-refractivity contribution is 0.510. The molecule has 2 radical (unpaired) electrons. The molecular formula is C9H4F2N2. The Bertz CT molecular complexity index is 468. The number of nitrogens with zero attached hydrogens (tertiary/aromatic N) is 2. The van der Waals surface area contributed by atoms with Crippen LogP contribution in [-0.4, -0.2) is 9.97 Å². The van der Waals surface area contributed by atoms with Crippen LogP contribution in [0.5, 0.6) is 0 Å². The zero-order valence-electron chi connectivity index (χ0n) is 6.46. The second-order valence-electron chi connectivity index (χ2n) is 2.54. The van der Waals surface area contributed by atoms with Gasteiger partial charge in [-0.3, -0.25) is 0 Å². The summed E-state index contributed by atoms with van der Waals surface area (Å²) < 4.78 is 25.4. The van der Waals surface area contributed by atoms with Gasteiger partial charge in [-0.1, -0.05) is 0 Å². The van der Waals surface area contributed by atoms with Gasteiger partial charge in [0.25, 0.3) is 0 Å². The number of benzene rings is 1. The second-order valence-corrected chi connectivity index (χ2v) is 2.54. The van der Waals surface area contributed by atoms with E-state index in [0.29, 0.717) is 10.9 Å². The predicted octanol–water partition coefficient (Wildman–Crippen LogP) is 1.97. The highest BCUT2D eigenvalue weighted by molar-refractivity contribution is 5.81. The highest BCUT2D eigenvalue weighted by atomic mass is 19.2. The predicted molar refractivity (Wildman–Crippen MR) is 42.9 cm³/mol. The Hall–Kier alpha value is -1.58. The summed E-state index contributed by atoms with van der Waals surface area (Å²) in [6.45, 7) is 5.43. The Morgan fingerprint density at radius 1 is 1.08 bits per heavy atom. The Kier molecular flexibility index (Phi) is 1.69. The molecule has 0 saturated heterocycles. The van der Waals surface area contributed by atoms with Gasteiger partial charge in [-0.2, -0.15) is 0 Å². The normalized spacial score (nSPS) is 10.7. The lowest BCUT2D eigenvalue weighted by atomic mass is 10.2. The molecule has 2 aromatic rings. The van der Waals surface area contributed by atoms with Crippen LogP contribution in [0.15, 0.2) is 18.5 Å². The van der Waals surface area contributed by atoms with Crippen molar-refractivity contribution in [2.24, 2.45) is 0 Å². The first-order valence-corrected chi connectivity index (χ1v) is 3.53. The minimum Gasteiger partial charge on any atom is -0.240 e. The average molecular weight is 178 g/mol. The Labute approximate surface area is 73.2 Å². The Balaban J connectivity index is 2.89. The summed E-state index contributed by atoms with van der Waals surface area (Å²) in [5.41, 5.74) is 0.440. The lowest BCUT2D eigenvalue weighted by Gasteiger charge is -1.99. The molecule has 2 rings (SSSR count). The third-order valence-electron chi connectivity index (χ3n) is 1.71. The monoisotopic (exact) mass is 178 g/mol. The van der Waals surface area contributed by atoms with Crippen LogP contribution in [0, 0.1) is 18.6 Å². The van der Waals surface area contributed by atoms with Crippen LogP contribution in [-0.2, 0) is 0 Å². The first-order chi connectivity index (χ1) is 6.18. The van der Waals surface area contributed by atoms with Gasteiger partial charge in [0.15, 0.2) is 11.6 Å². The Morgan fingerprint density at radius 3 is 2.54 bits per heavy atom. The largest absolute Gasteiger partial charge is 0.240 e. The van der Waals surface area contributed by atoms with Crippen molar-refractivity contribution in [2.45, 2.75) is 0 Å². The third-order valence-corrected chi connectivity index (χ3v) is 1.71. The van der Waals surface area contributed by atoms with E-state index < -0.39 is 11.6 Å². The molecule has 0 saturated carbocycles. The van der Waals surface area contributed by atoms with Crippen molar-refractivity contribution in [1.29, 1.82) is 0 Å². The van der Waals surface area contributed by atoms with Crippen molar-refractivity contribution in [1.82, 2.24) is 9.97 Å². The van der Waals surface area contributed by atoms with E-state index in [-0.39, 0.29) is 5.69 Å². The molecule has 4 heteroatoms. The van der Waals surface area contributed by atoms with Gasteiger partial charge in [-0.05, 0) is 6.07 Å². The average Bonchev–Trinajstić information content (AvgIpc) is 2.09. The summed E-state index contributed by atoms with van der Waals surface area (Å²) in [6.07, 6.45) is 1.20. The van der Waals surface area contributed by atoms with Gasteiger partial charge in [0.05, 0.1) is 11.2 Å². The van der Waals surface area contributed by atoms with Crippen LogP contribution in [0.2, 0.25) is 0 Å². The molecule has 0 fully saturated rings. The molecule has 0 atom stereocenters. The van der Waals surface area contributed by atoms with Gasteiger partial charge in [-0.25, -0.2) is 18.7 Å². The van der Waals surface area contributed by atoms with Crippen LogP contribution in [0.25, 0.3) is 10.9 Å². The number of fused-ring (bicyclic) bond motifs is 1. The van der Waals surface area contributed by atoms with Crippen LogP contribution in [0.1, 0.15) is 5.69 Å². The molecule has 1 heterocycles. The van der Waals surface area contributed by atoms with E-state index in [4.69, 9.17) is 6.92 Å². The van der Waals surface area contributed by atoms with Crippen LogP contribution in [0.4, 0.5) is 8.78 Å². The van der Waals surface area contributed by atoms with Crippen molar-refractivity contribution >= 4 is 10.9 Å². The van der Waals surface area contributed by atoms with E-state index in [1.165, 1.54) is 6.33 Å². The molecule has 13 heavy (non-hydrogen) atoms. The van der Waals surface area contributed by atoms with E-state index in [1.807, 2.05) is 0 Å². The molecule has 1 aromatic carbocycles. The summed E-state index contributed by atoms with van der Waals surface area (Å²) >= 11 is 0. The highest BCUT2D eigenvalue weighted by Crippen LogP contribution is 2.17. The van der Waals surface area contributed by atoms with Crippen molar-refractivity contribution in [3.05, 3.63) is 42.7 Å². The number of hydrogen-bond acceptors (Lipinski definition) is 2. The molecular weight excluding hydrogens is 174 g/mol. The van der Waals surface area contributed by atoms with Crippen LogP contribution >= 0.6 is 0 Å². The van der Waals surface area contributed by atoms with Gasteiger partial charge < -0.3 is 0 Å². The van der Waals surface area contributed by atoms with Gasteiger partial charge >= 0.3 is 0 Å². The summed E-state index contributed by atoms with van der Waals surface area (Å²) in [5.74, 6) is -1.89. The molecule has 0 amide bonds. The molecule has 0 N–H and O–H groups in total. The fourth-order valence-corrected chi connectivity index (χ4v) is 1.07. The smallest absolute Gasteiger partial charge is 0.161 e. The zero-order chi connectivity index (χ0) is 9.42. The SMILES string of the molecule is [CH]c1ncnc2cc(F)c(F)cc12. The topological polar surface area (TPSA) is 25.8 Å². The van der Waals surface area contributed by atoms with Gasteiger partial charge in [0, 0.05) is 18.4 Å². The maximum atomic E-state index is 12.7. The molecule has 0 aliphatic heterocycles. The first kappa shape index (κ1) is 8.04. The molecule has 0 aliphatic rings. The highest BCUT2D eigenvalue weighted by Gasteiger charge is 2.06. The van der Waals surface area contributed by atoms with Crippen LogP contribution in [0.3, 0.4) is 0 Å². The van der Waals surface area contributed by atoms with E-state index >= 15 is 0 Å². The van der Waals surface area contributed by atoms with E-state index in [1.54, 1.807) is 0 Å². The molecule has 2 nitrogen and oxygen atoms in total. The van der Waals surface area contributed by atoms with E-state index in [0.717, 1.165) is 12.1 Å². The zero-order valence-corrected chi connectivity index (χ0v) is 6.46. The summed E-state index contributed by atoms with van der Waals surface area (Å²) in [4.78, 5) is 7.40. The Morgan fingerprint density at radius 2 is 1.77 bits per heavy atom. The van der Waals surface area contributed by atoms with E-state index in [2.05, 4.69) is 9.97 Å². The van der Waals surface area contributed by atoms with Crippen molar-refractivity contribution in [3.8, 4) is 0 Å². The maximum absolute atomic E-state index is 12.7. The standard InChI is InChI=1S/C9H4F2N2/c1-5-6-2-7(10)8(11)3-9(6)13-4-12-5/h1-4H.